The number of hydrogen-bond donors (Lipinski definition) is 2. The minimum absolute atomic E-state index is 0.113. The van der Waals surface area contributed by atoms with E-state index in [0.717, 1.165) is 22.9 Å². The molecule has 32 heavy (non-hydrogen) atoms. The Labute approximate surface area is 190 Å². The molecule has 3 aromatic rings. The number of amides is 1. The number of nitrogens with one attached hydrogen (secondary N) is 1. The van der Waals surface area contributed by atoms with Crippen molar-refractivity contribution in [1.82, 2.24) is 5.32 Å². The van der Waals surface area contributed by atoms with Gasteiger partial charge in [0.2, 0.25) is 0 Å². The number of nitrogens with two attached hydrogens (primary N) is 1. The van der Waals surface area contributed by atoms with Crippen molar-refractivity contribution in [3.63, 3.8) is 0 Å². The van der Waals surface area contributed by atoms with Crippen molar-refractivity contribution >= 4 is 16.9 Å². The predicted octanol–water partition coefficient (Wildman–Crippen LogP) is 6.00. The van der Waals surface area contributed by atoms with Gasteiger partial charge in [-0.1, -0.05) is 63.1 Å². The smallest absolute Gasteiger partial charge is 0.287 e. The molecule has 1 saturated carbocycles. The second kappa shape index (κ2) is 9.37. The molecule has 5 atom stereocenters. The Hall–Kier alpha value is -2.79. The lowest BCUT2D eigenvalue weighted by Gasteiger charge is -2.38. The van der Waals surface area contributed by atoms with Crippen molar-refractivity contribution in [3.05, 3.63) is 65.4 Å². The van der Waals surface area contributed by atoms with Gasteiger partial charge >= 0.3 is 0 Å². The van der Waals surface area contributed by atoms with Crippen molar-refractivity contribution < 1.29 is 13.9 Å². The van der Waals surface area contributed by atoms with Crippen LogP contribution in [0.3, 0.4) is 0 Å². The van der Waals surface area contributed by atoms with E-state index in [9.17, 15) is 4.79 Å². The normalized spacial score (nSPS) is 23.0. The highest BCUT2D eigenvalue weighted by Gasteiger charge is 2.33. The lowest BCUT2D eigenvalue weighted by molar-refractivity contribution is 0.0914. The van der Waals surface area contributed by atoms with Gasteiger partial charge < -0.3 is 20.2 Å². The van der Waals surface area contributed by atoms with Crippen LogP contribution < -0.4 is 15.8 Å². The molecular formula is C27H34N2O3. The Balaban J connectivity index is 1.65. The van der Waals surface area contributed by atoms with Crippen molar-refractivity contribution in [3.8, 4) is 5.75 Å². The molecule has 1 aromatic heterocycles. The molecule has 1 heterocycles. The molecule has 5 unspecified atom stereocenters. The third-order valence-electron chi connectivity index (χ3n) is 7.36. The van der Waals surface area contributed by atoms with Crippen LogP contribution in [0.5, 0.6) is 5.75 Å². The van der Waals surface area contributed by atoms with Gasteiger partial charge in [-0.3, -0.25) is 4.79 Å². The van der Waals surface area contributed by atoms with Crippen molar-refractivity contribution in [2.24, 2.45) is 23.5 Å². The first-order valence-corrected chi connectivity index (χ1v) is 11.6. The van der Waals surface area contributed by atoms with Crippen molar-refractivity contribution in [2.75, 3.05) is 7.11 Å². The van der Waals surface area contributed by atoms with Crippen LogP contribution in [0.4, 0.5) is 0 Å². The molecule has 170 valence electrons. The van der Waals surface area contributed by atoms with Gasteiger partial charge in [-0.05, 0) is 54.4 Å². The van der Waals surface area contributed by atoms with Gasteiger partial charge in [-0.25, -0.2) is 0 Å². The minimum Gasteiger partial charge on any atom is -0.493 e. The Morgan fingerprint density at radius 3 is 2.62 bits per heavy atom. The molecule has 0 spiro atoms. The summed E-state index contributed by atoms with van der Waals surface area (Å²) in [7, 11) is 1.61. The van der Waals surface area contributed by atoms with E-state index >= 15 is 0 Å². The highest BCUT2D eigenvalue weighted by Crippen LogP contribution is 2.43. The number of hydrogen-bond acceptors (Lipinski definition) is 4. The molecule has 2 aromatic carbocycles. The van der Waals surface area contributed by atoms with E-state index in [0.29, 0.717) is 29.1 Å². The van der Waals surface area contributed by atoms with Gasteiger partial charge in [-0.15, -0.1) is 0 Å². The predicted molar refractivity (Wildman–Crippen MR) is 128 cm³/mol. The highest BCUT2D eigenvalue weighted by molar-refractivity contribution is 5.98. The first-order valence-electron chi connectivity index (χ1n) is 11.6. The molecule has 1 aliphatic rings. The fraction of sp³-hybridized carbons (Fsp3) is 0.444. The van der Waals surface area contributed by atoms with Crippen LogP contribution in [0.25, 0.3) is 11.0 Å². The Kier molecular flexibility index (Phi) is 6.56. The summed E-state index contributed by atoms with van der Waals surface area (Å²) in [6.45, 7) is 6.60. The maximum Gasteiger partial charge on any atom is 0.287 e. The summed E-state index contributed by atoms with van der Waals surface area (Å²) < 4.78 is 11.5. The van der Waals surface area contributed by atoms with Crippen LogP contribution in [0.1, 0.15) is 73.8 Å². The molecular weight excluding hydrogens is 400 g/mol. The molecule has 1 fully saturated rings. The Morgan fingerprint density at radius 2 is 1.91 bits per heavy atom. The van der Waals surface area contributed by atoms with Gasteiger partial charge in [0.05, 0.1) is 13.2 Å². The number of fused-ring (bicyclic) bond motifs is 1. The number of carbonyl (C=O) groups excluding carboxylic acids is 1. The zero-order valence-corrected chi connectivity index (χ0v) is 19.4. The average Bonchev–Trinajstić information content (AvgIpc) is 3.26. The van der Waals surface area contributed by atoms with Crippen LogP contribution in [0, 0.1) is 17.8 Å². The number of rotatable bonds is 6. The molecule has 5 nitrogen and oxygen atoms in total. The lowest BCUT2D eigenvalue weighted by atomic mass is 9.69. The van der Waals surface area contributed by atoms with Crippen LogP contribution in [-0.4, -0.2) is 13.0 Å². The number of furan rings is 1. The van der Waals surface area contributed by atoms with Crippen LogP contribution in [0.15, 0.2) is 52.9 Å². The van der Waals surface area contributed by atoms with Crippen LogP contribution in [0.2, 0.25) is 0 Å². The number of methoxy groups -OCH3 is 1. The third kappa shape index (κ3) is 4.26. The fourth-order valence-corrected chi connectivity index (χ4v) is 5.14. The molecule has 0 bridgehead atoms. The summed E-state index contributed by atoms with van der Waals surface area (Å²) in [5.41, 5.74) is 9.48. The molecule has 0 saturated heterocycles. The van der Waals surface area contributed by atoms with Crippen LogP contribution >= 0.6 is 0 Å². The van der Waals surface area contributed by atoms with Crippen LogP contribution in [-0.2, 0) is 0 Å². The summed E-state index contributed by atoms with van der Waals surface area (Å²) in [4.78, 5) is 13.0. The first-order chi connectivity index (χ1) is 15.4. The Bertz CT molecular complexity index is 1080. The zero-order valence-electron chi connectivity index (χ0n) is 19.4. The molecule has 1 aliphatic carbocycles. The second-order valence-electron chi connectivity index (χ2n) is 9.27. The van der Waals surface area contributed by atoms with Gasteiger partial charge in [0.25, 0.3) is 5.91 Å². The van der Waals surface area contributed by atoms with E-state index in [4.69, 9.17) is 14.9 Å². The number of ether oxygens (including phenoxy) is 1. The molecule has 0 aliphatic heterocycles. The maximum absolute atomic E-state index is 13.0. The van der Waals surface area contributed by atoms with E-state index in [1.54, 1.807) is 7.11 Å². The van der Waals surface area contributed by atoms with Crippen molar-refractivity contribution in [1.29, 1.82) is 0 Å². The Morgan fingerprint density at radius 1 is 1.16 bits per heavy atom. The van der Waals surface area contributed by atoms with Crippen molar-refractivity contribution in [2.45, 2.75) is 52.1 Å². The second-order valence-corrected chi connectivity index (χ2v) is 9.27. The average molecular weight is 435 g/mol. The standard InChI is InChI=1S/C27H34N2O3/c1-16-9-8-12-20(17(16)2)25(28)21-13-14-23(31-4)26-22(21)15-24(32-26)27(30)29-18(3)19-10-6-5-7-11-19/h5-7,10-11,13-18,20,25H,8-9,12,28H2,1-4H3,(H,29,30). The number of benzene rings is 2. The SMILES string of the molecule is COc1ccc(C(N)C2CCCC(C)C2C)c2cc(C(=O)NC(C)c3ccccc3)oc12. The largest absolute Gasteiger partial charge is 0.493 e. The summed E-state index contributed by atoms with van der Waals surface area (Å²) in [5, 5.41) is 3.89. The topological polar surface area (TPSA) is 77.5 Å². The van der Waals surface area contributed by atoms with Gasteiger partial charge in [0, 0.05) is 11.4 Å². The molecule has 5 heteroatoms. The molecule has 3 N–H and O–H groups in total. The summed E-state index contributed by atoms with van der Waals surface area (Å²) in [5.74, 6) is 2.25. The van der Waals surface area contributed by atoms with E-state index in [-0.39, 0.29) is 23.8 Å². The quantitative estimate of drug-likeness (QED) is 0.498. The first kappa shape index (κ1) is 22.4. The summed E-state index contributed by atoms with van der Waals surface area (Å²) >= 11 is 0. The maximum atomic E-state index is 13.0. The van der Waals surface area contributed by atoms with Gasteiger partial charge in [0.1, 0.15) is 0 Å². The van der Waals surface area contributed by atoms with E-state index < -0.39 is 0 Å². The van der Waals surface area contributed by atoms with E-state index in [2.05, 4.69) is 19.2 Å². The molecule has 4 rings (SSSR count). The van der Waals surface area contributed by atoms with E-state index in [1.807, 2.05) is 55.5 Å². The molecule has 0 radical (unpaired) electrons. The van der Waals surface area contributed by atoms with Gasteiger partial charge in [-0.2, -0.15) is 0 Å². The lowest BCUT2D eigenvalue weighted by Crippen LogP contribution is -2.33. The summed E-state index contributed by atoms with van der Waals surface area (Å²) in [6.07, 6.45) is 3.59. The minimum atomic E-state index is -0.251. The highest BCUT2D eigenvalue weighted by atomic mass is 16.5. The van der Waals surface area contributed by atoms with E-state index in [1.165, 1.54) is 12.8 Å². The van der Waals surface area contributed by atoms with Gasteiger partial charge in [0.15, 0.2) is 17.1 Å². The fourth-order valence-electron chi connectivity index (χ4n) is 5.14. The molecule has 1 amide bonds. The zero-order chi connectivity index (χ0) is 22.8. The monoisotopic (exact) mass is 434 g/mol. The number of carbonyl (C=O) groups is 1. The summed E-state index contributed by atoms with van der Waals surface area (Å²) in [6, 6.07) is 15.4. The third-order valence-corrected chi connectivity index (χ3v) is 7.36.